The van der Waals surface area contributed by atoms with Gasteiger partial charge >= 0.3 is 7.12 Å². The molecule has 0 radical (unpaired) electrons. The van der Waals surface area contributed by atoms with E-state index in [2.05, 4.69) is 0 Å². The molecule has 0 aliphatic heterocycles. The Kier molecular flexibility index (Phi) is 2.04. The van der Waals surface area contributed by atoms with E-state index < -0.39 is 7.12 Å². The van der Waals surface area contributed by atoms with Crippen LogP contribution in [0.2, 0.25) is 0 Å². The van der Waals surface area contributed by atoms with Gasteiger partial charge in [-0.25, -0.2) is 0 Å². The lowest BCUT2D eigenvalue weighted by Crippen LogP contribution is -2.15. The predicted octanol–water partition coefficient (Wildman–Crippen LogP) is -0.546. The van der Waals surface area contributed by atoms with Gasteiger partial charge in [-0.05, 0) is 11.9 Å². The van der Waals surface area contributed by atoms with Gasteiger partial charge < -0.3 is 10.0 Å². The van der Waals surface area contributed by atoms with Crippen LogP contribution in [0.3, 0.4) is 0 Å². The Morgan fingerprint density at radius 1 is 1.60 bits per heavy atom. The van der Waals surface area contributed by atoms with E-state index in [1.54, 1.807) is 12.2 Å². The highest BCUT2D eigenvalue weighted by molar-refractivity contribution is 6.51. The van der Waals surface area contributed by atoms with Crippen molar-refractivity contribution in [3.05, 3.63) is 23.2 Å². The number of rotatable bonds is 2. The molecule has 0 aromatic carbocycles. The summed E-state index contributed by atoms with van der Waals surface area (Å²) in [7, 11) is -1.49. The second-order valence-corrected chi connectivity index (χ2v) is 2.08. The van der Waals surface area contributed by atoms with Crippen molar-refractivity contribution >= 4 is 13.4 Å². The van der Waals surface area contributed by atoms with E-state index in [1.165, 1.54) is 0 Å². The lowest BCUT2D eigenvalue weighted by Gasteiger charge is -1.98. The summed E-state index contributed by atoms with van der Waals surface area (Å²) in [5, 5.41) is 17.3. The molecule has 0 saturated heterocycles. The van der Waals surface area contributed by atoms with Crippen molar-refractivity contribution in [1.29, 1.82) is 0 Å². The van der Waals surface area contributed by atoms with Crippen LogP contribution in [0.25, 0.3) is 0 Å². The maximum absolute atomic E-state index is 10.2. The molecule has 0 aromatic rings. The van der Waals surface area contributed by atoms with Gasteiger partial charge in [0, 0.05) is 5.57 Å². The number of carbonyl (C=O) groups is 1. The third-order valence-electron chi connectivity index (χ3n) is 1.44. The third kappa shape index (κ3) is 1.17. The molecular weight excluding hydrogens is 131 g/mol. The van der Waals surface area contributed by atoms with E-state index in [4.69, 9.17) is 10.0 Å². The summed E-state index contributed by atoms with van der Waals surface area (Å²) in [6.07, 6.45) is 4.39. The number of hydrogen-bond acceptors (Lipinski definition) is 3. The van der Waals surface area contributed by atoms with Crippen molar-refractivity contribution in [3.8, 4) is 0 Å². The van der Waals surface area contributed by atoms with Crippen molar-refractivity contribution in [2.45, 2.75) is 6.42 Å². The van der Waals surface area contributed by atoms with Crippen LogP contribution in [0.4, 0.5) is 0 Å². The molecule has 0 bridgehead atoms. The van der Waals surface area contributed by atoms with Crippen molar-refractivity contribution in [3.63, 3.8) is 0 Å². The van der Waals surface area contributed by atoms with Crippen LogP contribution in [0.1, 0.15) is 6.42 Å². The summed E-state index contributed by atoms with van der Waals surface area (Å²) < 4.78 is 0. The zero-order valence-corrected chi connectivity index (χ0v) is 5.32. The second-order valence-electron chi connectivity index (χ2n) is 2.08. The summed E-state index contributed by atoms with van der Waals surface area (Å²) in [4.78, 5) is 10.2. The molecule has 2 N–H and O–H groups in total. The molecule has 52 valence electrons. The minimum absolute atomic E-state index is 0.384. The number of aldehydes is 1. The Morgan fingerprint density at radius 2 is 2.30 bits per heavy atom. The van der Waals surface area contributed by atoms with Crippen LogP contribution in [-0.2, 0) is 4.79 Å². The molecule has 0 spiro atoms. The average molecular weight is 138 g/mol. The van der Waals surface area contributed by atoms with E-state index in [0.717, 1.165) is 0 Å². The first-order valence-electron chi connectivity index (χ1n) is 2.96. The van der Waals surface area contributed by atoms with Crippen molar-refractivity contribution in [2.24, 2.45) is 0 Å². The van der Waals surface area contributed by atoms with Crippen LogP contribution < -0.4 is 0 Å². The SMILES string of the molecule is O=CC1=C(B(O)O)CC=C1. The van der Waals surface area contributed by atoms with Crippen molar-refractivity contribution in [1.82, 2.24) is 0 Å². The highest BCUT2D eigenvalue weighted by Crippen LogP contribution is 2.17. The van der Waals surface area contributed by atoms with Crippen LogP contribution in [-0.4, -0.2) is 23.5 Å². The fourth-order valence-corrected chi connectivity index (χ4v) is 0.907. The van der Waals surface area contributed by atoms with Crippen LogP contribution in [0, 0.1) is 0 Å². The molecule has 0 fully saturated rings. The fourth-order valence-electron chi connectivity index (χ4n) is 0.907. The van der Waals surface area contributed by atoms with Crippen LogP contribution >= 0.6 is 0 Å². The normalized spacial score (nSPS) is 16.2. The first-order valence-corrected chi connectivity index (χ1v) is 2.96. The van der Waals surface area contributed by atoms with E-state index in [0.29, 0.717) is 23.8 Å². The first kappa shape index (κ1) is 7.24. The van der Waals surface area contributed by atoms with Gasteiger partial charge in [-0.1, -0.05) is 12.2 Å². The summed E-state index contributed by atoms with van der Waals surface area (Å²) in [5.74, 6) is 0. The van der Waals surface area contributed by atoms with Gasteiger partial charge in [-0.3, -0.25) is 4.79 Å². The lowest BCUT2D eigenvalue weighted by molar-refractivity contribution is -0.104. The number of carbonyl (C=O) groups excluding carboxylic acids is 1. The Labute approximate surface area is 58.8 Å². The summed E-state index contributed by atoms with van der Waals surface area (Å²) in [6.45, 7) is 0. The van der Waals surface area contributed by atoms with Gasteiger partial charge in [0.2, 0.25) is 0 Å². The topological polar surface area (TPSA) is 57.5 Å². The van der Waals surface area contributed by atoms with Crippen molar-refractivity contribution < 1.29 is 14.8 Å². The molecule has 3 nitrogen and oxygen atoms in total. The molecule has 0 amide bonds. The fraction of sp³-hybridized carbons (Fsp3) is 0.167. The maximum atomic E-state index is 10.2. The summed E-state index contributed by atoms with van der Waals surface area (Å²) >= 11 is 0. The zero-order chi connectivity index (χ0) is 7.56. The maximum Gasteiger partial charge on any atom is 0.485 e. The number of allylic oxidation sites excluding steroid dienone is 4. The Hall–Kier alpha value is -0.865. The molecule has 0 aromatic heterocycles. The summed E-state index contributed by atoms with van der Waals surface area (Å²) in [6, 6.07) is 0. The van der Waals surface area contributed by atoms with Gasteiger partial charge in [0.15, 0.2) is 0 Å². The first-order chi connectivity index (χ1) is 4.75. The lowest BCUT2D eigenvalue weighted by atomic mass is 9.77. The minimum Gasteiger partial charge on any atom is -0.423 e. The molecule has 0 unspecified atom stereocenters. The second kappa shape index (κ2) is 2.81. The molecule has 10 heavy (non-hydrogen) atoms. The molecule has 1 aliphatic carbocycles. The van der Waals surface area contributed by atoms with E-state index in [-0.39, 0.29) is 0 Å². The van der Waals surface area contributed by atoms with Gasteiger partial charge in [0.05, 0.1) is 0 Å². The summed E-state index contributed by atoms with van der Waals surface area (Å²) in [5.41, 5.74) is 0.769. The molecule has 0 heterocycles. The van der Waals surface area contributed by atoms with E-state index in [9.17, 15) is 4.79 Å². The van der Waals surface area contributed by atoms with E-state index in [1.807, 2.05) is 0 Å². The highest BCUT2D eigenvalue weighted by atomic mass is 16.4. The van der Waals surface area contributed by atoms with Crippen molar-refractivity contribution in [2.75, 3.05) is 0 Å². The number of hydrogen-bond donors (Lipinski definition) is 2. The van der Waals surface area contributed by atoms with Gasteiger partial charge in [0.25, 0.3) is 0 Å². The quantitative estimate of drug-likeness (QED) is 0.397. The molecular formula is C6H7BO3. The molecule has 4 heteroatoms. The highest BCUT2D eigenvalue weighted by Gasteiger charge is 2.19. The van der Waals surface area contributed by atoms with Crippen LogP contribution in [0.5, 0.6) is 0 Å². The smallest absolute Gasteiger partial charge is 0.423 e. The predicted molar refractivity (Wildman–Crippen MR) is 37.0 cm³/mol. The molecule has 1 rings (SSSR count). The average Bonchev–Trinajstić information content (AvgIpc) is 2.33. The molecule has 0 atom stereocenters. The largest absolute Gasteiger partial charge is 0.485 e. The molecule has 1 aliphatic rings. The van der Waals surface area contributed by atoms with E-state index >= 15 is 0 Å². The third-order valence-corrected chi connectivity index (χ3v) is 1.44. The Bertz CT molecular complexity index is 205. The Morgan fingerprint density at radius 3 is 2.70 bits per heavy atom. The zero-order valence-electron chi connectivity index (χ0n) is 5.32. The minimum atomic E-state index is -1.49. The Balaban J connectivity index is 2.84. The monoisotopic (exact) mass is 138 g/mol. The van der Waals surface area contributed by atoms with Gasteiger partial charge in [-0.2, -0.15) is 0 Å². The van der Waals surface area contributed by atoms with Crippen LogP contribution in [0.15, 0.2) is 23.2 Å². The standard InChI is InChI=1S/C6H7BO3/c8-4-5-2-1-3-6(5)7(9)10/h1-2,4,9-10H,3H2. The van der Waals surface area contributed by atoms with Gasteiger partial charge in [0.1, 0.15) is 6.29 Å². The molecule has 0 saturated carbocycles. The van der Waals surface area contributed by atoms with Gasteiger partial charge in [-0.15, -0.1) is 0 Å².